The van der Waals surface area contributed by atoms with E-state index in [1.165, 1.54) is 0 Å². The third kappa shape index (κ3) is 7.63. The first-order chi connectivity index (χ1) is 21.4. The number of benzene rings is 4. The van der Waals surface area contributed by atoms with Gasteiger partial charge in [-0.05, 0) is 0 Å². The Morgan fingerprint density at radius 3 is 1.55 bits per heavy atom. The van der Waals surface area contributed by atoms with Gasteiger partial charge in [0.15, 0.2) is 0 Å². The number of allylic oxidation sites excluding steroid dienone is 9. The van der Waals surface area contributed by atoms with Crippen molar-refractivity contribution < 1.29 is 27.6 Å². The molecule has 0 aromatic heterocycles. The molecular formula is C37H27ClO4SSe. The molecule has 1 unspecified atom stereocenters. The Kier molecular flexibility index (Phi) is 9.53. The molecule has 0 radical (unpaired) electrons. The molecule has 2 heterocycles. The third-order valence-corrected chi connectivity index (χ3v) is 13.1. The Balaban J connectivity index is 1.42. The van der Waals surface area contributed by atoms with Crippen molar-refractivity contribution in [3.63, 3.8) is 0 Å². The second kappa shape index (κ2) is 13.9. The van der Waals surface area contributed by atoms with Crippen molar-refractivity contribution >= 4 is 44.3 Å². The summed E-state index contributed by atoms with van der Waals surface area (Å²) < 4.78 is 42.3. The van der Waals surface area contributed by atoms with E-state index < -0.39 is 24.0 Å². The molecule has 4 aromatic carbocycles. The van der Waals surface area contributed by atoms with Crippen molar-refractivity contribution in [1.82, 2.24) is 0 Å². The second-order valence-corrected chi connectivity index (χ2v) is 15.6. The monoisotopic (exact) mass is 682 g/mol. The zero-order chi connectivity index (χ0) is 30.4. The van der Waals surface area contributed by atoms with Crippen LogP contribution in [0.1, 0.15) is 22.3 Å². The Labute approximate surface area is 267 Å². The molecular weight excluding hydrogens is 655 g/mol. The molecule has 0 bridgehead atoms. The van der Waals surface area contributed by atoms with Gasteiger partial charge in [-0.25, -0.2) is 0 Å². The van der Waals surface area contributed by atoms with Crippen LogP contribution in [0, 0.1) is 10.2 Å². The van der Waals surface area contributed by atoms with Gasteiger partial charge < -0.3 is 0 Å². The molecule has 4 aromatic rings. The topological polar surface area (TPSA) is 78.4 Å². The van der Waals surface area contributed by atoms with E-state index >= 15 is 0 Å². The normalized spacial score (nSPS) is 17.1. The molecule has 44 heavy (non-hydrogen) atoms. The van der Waals surface area contributed by atoms with E-state index in [1.54, 1.807) is 11.8 Å². The van der Waals surface area contributed by atoms with Crippen LogP contribution < -0.4 is 14.0 Å². The molecule has 0 amide bonds. The van der Waals surface area contributed by atoms with Gasteiger partial charge in [-0.1, -0.05) is 12.1 Å². The molecule has 0 fully saturated rings. The van der Waals surface area contributed by atoms with E-state index in [2.05, 4.69) is 42.5 Å². The number of halogens is 1. The molecule has 2 aliphatic heterocycles. The molecule has 0 spiro atoms. The van der Waals surface area contributed by atoms with Crippen molar-refractivity contribution in [2.75, 3.05) is 0 Å². The van der Waals surface area contributed by atoms with Crippen molar-refractivity contribution in [2.45, 2.75) is 0 Å². The van der Waals surface area contributed by atoms with Crippen LogP contribution in [0.25, 0.3) is 14.3 Å². The zero-order valence-electron chi connectivity index (χ0n) is 23.4. The Morgan fingerprint density at radius 1 is 0.568 bits per heavy atom. The third-order valence-electron chi connectivity index (χ3n) is 6.76. The van der Waals surface area contributed by atoms with Crippen molar-refractivity contribution in [2.24, 2.45) is 0 Å². The van der Waals surface area contributed by atoms with Gasteiger partial charge in [0.2, 0.25) is 0 Å². The zero-order valence-corrected chi connectivity index (χ0v) is 26.7. The van der Waals surface area contributed by atoms with E-state index in [1.807, 2.05) is 121 Å². The fourth-order valence-corrected chi connectivity index (χ4v) is 11.0. The Hall–Kier alpha value is -3.81. The molecule has 0 aliphatic carbocycles. The van der Waals surface area contributed by atoms with Crippen LogP contribution in [0.5, 0.6) is 0 Å². The van der Waals surface area contributed by atoms with Gasteiger partial charge in [0.25, 0.3) is 0 Å². The van der Waals surface area contributed by atoms with E-state index in [-0.39, 0.29) is 0 Å². The van der Waals surface area contributed by atoms with E-state index in [4.69, 9.17) is 3.37 Å². The van der Waals surface area contributed by atoms with Crippen LogP contribution in [0.3, 0.4) is 0 Å². The second-order valence-electron chi connectivity index (χ2n) is 9.84. The van der Waals surface area contributed by atoms with Crippen molar-refractivity contribution in [1.29, 1.82) is 0 Å². The average Bonchev–Trinajstić information content (AvgIpc) is 3.06. The molecule has 0 saturated carbocycles. The predicted molar refractivity (Wildman–Crippen MR) is 174 cm³/mol. The standard InChI is InChI=1S/C37H27ClO4SSe/c39-38(40,41)42-44-36(32-20-9-3-10-21-32)26-29(27-37(44)33-22-11-4-12-23-33)15-13-14-28-24-34(30-16-5-1-6-17-30)43-35(25-28)31-18-7-2-8-19-31/h1-27H/b15-13+. The minimum absolute atomic E-state index is 0.706. The van der Waals surface area contributed by atoms with Crippen LogP contribution in [-0.2, 0) is 3.37 Å². The summed E-state index contributed by atoms with van der Waals surface area (Å²) in [6.45, 7) is 0. The summed E-state index contributed by atoms with van der Waals surface area (Å²) in [4.78, 5) is 2.33. The van der Waals surface area contributed by atoms with Crippen LogP contribution in [-0.4, -0.2) is 18.2 Å². The fraction of sp³-hybridized carbons (Fsp3) is 0. The summed E-state index contributed by atoms with van der Waals surface area (Å²) in [5.41, 5.74) is 5.87. The van der Waals surface area contributed by atoms with Gasteiger partial charge in [0.05, 0.1) is 0 Å². The van der Waals surface area contributed by atoms with Crippen LogP contribution in [0.4, 0.5) is 0 Å². The first-order valence-corrected chi connectivity index (χ1v) is 18.3. The molecule has 1 atom stereocenters. The van der Waals surface area contributed by atoms with Crippen LogP contribution >= 0.6 is 11.8 Å². The maximum atomic E-state index is 11.9. The van der Waals surface area contributed by atoms with E-state index in [9.17, 15) is 14.0 Å². The van der Waals surface area contributed by atoms with Crippen LogP contribution in [0.2, 0.25) is 0 Å². The summed E-state index contributed by atoms with van der Waals surface area (Å²) in [7, 11) is -4.63. The molecule has 6 rings (SSSR count). The molecule has 218 valence electrons. The summed E-state index contributed by atoms with van der Waals surface area (Å²) in [5, 5.41) is 0. The maximum absolute atomic E-state index is 11.9. The van der Waals surface area contributed by atoms with Crippen LogP contribution in [0.15, 0.2) is 175 Å². The van der Waals surface area contributed by atoms with E-state index in [0.717, 1.165) is 43.2 Å². The van der Waals surface area contributed by atoms with Gasteiger partial charge in [-0.2, -0.15) is 0 Å². The van der Waals surface area contributed by atoms with Crippen molar-refractivity contribution in [3.05, 3.63) is 197 Å². The summed E-state index contributed by atoms with van der Waals surface area (Å²) >= 11 is -0.971. The van der Waals surface area contributed by atoms with Gasteiger partial charge in [-0.3, -0.25) is 0 Å². The molecule has 4 nitrogen and oxygen atoms in total. The average molecular weight is 682 g/mol. The van der Waals surface area contributed by atoms with Gasteiger partial charge in [0, 0.05) is 0 Å². The summed E-state index contributed by atoms with van der Waals surface area (Å²) in [6.07, 6.45) is 14.3. The molecule has 0 saturated heterocycles. The number of hydrogen-bond donors (Lipinski definition) is 0. The van der Waals surface area contributed by atoms with Gasteiger partial charge in [0.1, 0.15) is 0 Å². The molecule has 0 N–H and O–H groups in total. The first kappa shape index (κ1) is 30.2. The van der Waals surface area contributed by atoms with E-state index in [0.29, 0.717) is 8.89 Å². The van der Waals surface area contributed by atoms with Gasteiger partial charge >= 0.3 is 257 Å². The summed E-state index contributed by atoms with van der Waals surface area (Å²) in [6, 6.07) is 39.7. The minimum atomic E-state index is -4.63. The number of rotatable bonds is 8. The Morgan fingerprint density at radius 2 is 1.05 bits per heavy atom. The van der Waals surface area contributed by atoms with Gasteiger partial charge in [-0.15, -0.1) is 0 Å². The molecule has 7 heteroatoms. The fourth-order valence-electron chi connectivity index (χ4n) is 4.77. The SMILES string of the molecule is [O-][Cl+3]([O-])([O-])O[Se]1=C(c2ccccc2)C=C(/C=C/C=C2C=C(c3ccccc3)SC(c3ccccc3)=C2)C=C1c1ccccc1. The predicted octanol–water partition coefficient (Wildman–Crippen LogP) is 5.57. The molecule has 2 aliphatic rings. The number of thioether (sulfide) groups is 1. The summed E-state index contributed by atoms with van der Waals surface area (Å²) in [5.74, 6) is 0. The Bertz CT molecular complexity index is 1800. The quantitative estimate of drug-likeness (QED) is 0.228. The number of hydrogen-bond acceptors (Lipinski definition) is 5. The first-order valence-electron chi connectivity index (χ1n) is 13.8. The van der Waals surface area contributed by atoms with Crippen molar-refractivity contribution in [3.8, 4) is 0 Å².